The Hall–Kier alpha value is -3.30. The number of rotatable bonds is 30. The zero-order valence-electron chi connectivity index (χ0n) is 28.2. The van der Waals surface area contributed by atoms with Crippen LogP contribution in [-0.4, -0.2) is 134 Å². The summed E-state index contributed by atoms with van der Waals surface area (Å²) < 4.78 is 49.7. The molecule has 3 N–H and O–H groups in total. The van der Waals surface area contributed by atoms with Gasteiger partial charge in [-0.3, -0.25) is 0 Å². The van der Waals surface area contributed by atoms with Crippen molar-refractivity contribution in [3.05, 3.63) is 89.5 Å². The van der Waals surface area contributed by atoms with Gasteiger partial charge in [0.25, 0.3) is 0 Å². The maximum atomic E-state index is 8.75. The Balaban J connectivity index is 1.58. The zero-order valence-corrected chi connectivity index (χ0v) is 28.2. The summed E-state index contributed by atoms with van der Waals surface area (Å²) >= 11 is 0. The first-order chi connectivity index (χ1) is 24.2. The summed E-state index contributed by atoms with van der Waals surface area (Å²) in [5.41, 5.74) is 3.29. The van der Waals surface area contributed by atoms with Gasteiger partial charge in [0, 0.05) is 5.92 Å². The lowest BCUT2D eigenvalue weighted by Crippen LogP contribution is -2.12. The Morgan fingerprint density at radius 1 is 0.306 bits per heavy atom. The van der Waals surface area contributed by atoms with Crippen LogP contribution in [0.2, 0.25) is 0 Å². The highest BCUT2D eigenvalue weighted by Gasteiger charge is 2.18. The molecule has 0 atom stereocenters. The SMILES string of the molecule is OCCOCCOCCOc1ccc(C(c2ccc(OCCOCCOCCO)cc2)c2ccc(OCCOCCOCCO)cc2)cc1. The van der Waals surface area contributed by atoms with Gasteiger partial charge in [-0.05, 0) is 53.1 Å². The number of hydrogen-bond acceptors (Lipinski definition) is 12. The van der Waals surface area contributed by atoms with Gasteiger partial charge < -0.3 is 58.0 Å². The molecule has 3 aromatic rings. The zero-order chi connectivity index (χ0) is 34.6. The van der Waals surface area contributed by atoms with Crippen molar-refractivity contribution >= 4 is 0 Å². The smallest absolute Gasteiger partial charge is 0.119 e. The van der Waals surface area contributed by atoms with Gasteiger partial charge in [-0.25, -0.2) is 0 Å². The molecule has 0 aromatic heterocycles. The van der Waals surface area contributed by atoms with Crippen molar-refractivity contribution in [2.24, 2.45) is 0 Å². The molecular weight excluding hydrogens is 636 g/mol. The van der Waals surface area contributed by atoms with E-state index in [9.17, 15) is 0 Å². The third-order valence-corrected chi connectivity index (χ3v) is 6.95. The molecule has 0 saturated heterocycles. The van der Waals surface area contributed by atoms with Gasteiger partial charge in [-0.15, -0.1) is 0 Å². The van der Waals surface area contributed by atoms with E-state index in [0.717, 1.165) is 33.9 Å². The number of hydrogen-bond donors (Lipinski definition) is 3. The lowest BCUT2D eigenvalue weighted by Gasteiger charge is -2.20. The predicted molar refractivity (Wildman–Crippen MR) is 183 cm³/mol. The Kier molecular flexibility index (Phi) is 21.7. The summed E-state index contributed by atoms with van der Waals surface area (Å²) in [5.74, 6) is 2.20. The van der Waals surface area contributed by atoms with Crippen LogP contribution < -0.4 is 14.2 Å². The average Bonchev–Trinajstić information content (AvgIpc) is 3.13. The maximum Gasteiger partial charge on any atom is 0.119 e. The van der Waals surface area contributed by atoms with Gasteiger partial charge in [-0.2, -0.15) is 0 Å². The van der Waals surface area contributed by atoms with E-state index < -0.39 is 0 Å². The normalized spacial score (nSPS) is 11.3. The Bertz CT molecular complexity index is 1040. The molecule has 0 heterocycles. The van der Waals surface area contributed by atoms with E-state index in [4.69, 9.17) is 58.0 Å². The molecule has 3 aromatic carbocycles. The van der Waals surface area contributed by atoms with E-state index in [1.165, 1.54) is 0 Å². The Morgan fingerprint density at radius 2 is 0.531 bits per heavy atom. The number of aliphatic hydroxyl groups excluding tert-OH is 3. The average molecular weight is 689 g/mol. The van der Waals surface area contributed by atoms with Crippen molar-refractivity contribution in [1.29, 1.82) is 0 Å². The van der Waals surface area contributed by atoms with E-state index >= 15 is 0 Å². The van der Waals surface area contributed by atoms with Crippen LogP contribution in [0, 0.1) is 0 Å². The molecule has 0 unspecified atom stereocenters. The van der Waals surface area contributed by atoms with Crippen LogP contribution in [0.4, 0.5) is 0 Å². The second-order valence-electron chi connectivity index (χ2n) is 10.5. The summed E-state index contributed by atoms with van der Waals surface area (Å²) in [4.78, 5) is 0. The van der Waals surface area contributed by atoms with Gasteiger partial charge in [0.15, 0.2) is 0 Å². The minimum atomic E-state index is -0.0519. The van der Waals surface area contributed by atoms with E-state index in [2.05, 4.69) is 36.4 Å². The molecule has 12 heteroatoms. The number of ether oxygens (including phenoxy) is 9. The molecular formula is C37H52O12. The van der Waals surface area contributed by atoms with Crippen LogP contribution in [0.1, 0.15) is 22.6 Å². The molecule has 0 spiro atoms. The quantitative estimate of drug-likeness (QED) is 0.0700. The molecule has 0 radical (unpaired) electrons. The van der Waals surface area contributed by atoms with Crippen LogP contribution in [0.3, 0.4) is 0 Å². The molecule has 272 valence electrons. The summed E-state index contributed by atoms with van der Waals surface area (Å²) in [6.45, 7) is 6.12. The first kappa shape index (κ1) is 40.1. The Morgan fingerprint density at radius 3 is 0.776 bits per heavy atom. The fraction of sp³-hybridized carbons (Fsp3) is 0.514. The van der Waals surface area contributed by atoms with Gasteiger partial charge in [0.1, 0.15) is 37.1 Å². The van der Waals surface area contributed by atoms with Crippen molar-refractivity contribution in [1.82, 2.24) is 0 Å². The van der Waals surface area contributed by atoms with E-state index in [1.54, 1.807) is 0 Å². The van der Waals surface area contributed by atoms with E-state index in [1.807, 2.05) is 36.4 Å². The minimum absolute atomic E-state index is 0.00105. The van der Waals surface area contributed by atoms with E-state index in [-0.39, 0.29) is 25.7 Å². The summed E-state index contributed by atoms with van der Waals surface area (Å²) in [5, 5.41) is 26.3. The highest BCUT2D eigenvalue weighted by molar-refractivity contribution is 5.46. The Labute approximate surface area is 289 Å². The van der Waals surface area contributed by atoms with Crippen LogP contribution in [0.15, 0.2) is 72.8 Å². The molecule has 3 rings (SSSR count). The third-order valence-electron chi connectivity index (χ3n) is 6.95. The molecule has 0 aliphatic heterocycles. The molecule has 12 nitrogen and oxygen atoms in total. The van der Waals surface area contributed by atoms with Gasteiger partial charge >= 0.3 is 0 Å². The molecule has 0 fully saturated rings. The summed E-state index contributed by atoms with van der Waals surface area (Å²) in [6.07, 6.45) is 0. The van der Waals surface area contributed by atoms with Crippen LogP contribution in [0.25, 0.3) is 0 Å². The molecule has 0 amide bonds. The molecule has 0 saturated carbocycles. The van der Waals surface area contributed by atoms with Gasteiger partial charge in [-0.1, -0.05) is 36.4 Å². The third kappa shape index (κ3) is 17.3. The summed E-state index contributed by atoms with van der Waals surface area (Å²) in [7, 11) is 0. The fourth-order valence-electron chi connectivity index (χ4n) is 4.66. The standard InChI is InChI=1S/C37H52O12/c38-13-16-41-19-22-44-25-28-47-34-7-1-31(2-8-34)37(32-3-9-35(10-4-32)48-29-26-45-23-20-42-17-14-39)33-5-11-36(12-6-33)49-30-27-46-24-21-43-18-15-40/h1-12,37-40H,13-30H2. The number of benzene rings is 3. The first-order valence-electron chi connectivity index (χ1n) is 16.7. The lowest BCUT2D eigenvalue weighted by molar-refractivity contribution is 0.0247. The monoisotopic (exact) mass is 688 g/mol. The van der Waals surface area contributed by atoms with Crippen LogP contribution >= 0.6 is 0 Å². The molecule has 0 aliphatic carbocycles. The van der Waals surface area contributed by atoms with Gasteiger partial charge in [0.2, 0.25) is 0 Å². The van der Waals surface area contributed by atoms with Crippen molar-refractivity contribution in [3.8, 4) is 17.2 Å². The van der Waals surface area contributed by atoms with Crippen LogP contribution in [0.5, 0.6) is 17.2 Å². The minimum Gasteiger partial charge on any atom is -0.491 e. The lowest BCUT2D eigenvalue weighted by atomic mass is 9.85. The van der Waals surface area contributed by atoms with Gasteiger partial charge in [0.05, 0.1) is 99.1 Å². The van der Waals surface area contributed by atoms with Crippen molar-refractivity contribution in [2.45, 2.75) is 5.92 Å². The number of aliphatic hydroxyl groups is 3. The van der Waals surface area contributed by atoms with Crippen molar-refractivity contribution in [2.75, 3.05) is 119 Å². The van der Waals surface area contributed by atoms with Crippen molar-refractivity contribution < 1.29 is 58.0 Å². The fourth-order valence-corrected chi connectivity index (χ4v) is 4.66. The molecule has 0 aliphatic rings. The largest absolute Gasteiger partial charge is 0.491 e. The highest BCUT2D eigenvalue weighted by Crippen LogP contribution is 2.34. The van der Waals surface area contributed by atoms with E-state index in [0.29, 0.717) is 99.1 Å². The molecule has 0 bridgehead atoms. The maximum absolute atomic E-state index is 8.75. The summed E-state index contributed by atoms with van der Waals surface area (Å²) in [6, 6.07) is 24.2. The second-order valence-corrected chi connectivity index (χ2v) is 10.5. The first-order valence-corrected chi connectivity index (χ1v) is 16.7. The van der Waals surface area contributed by atoms with Crippen molar-refractivity contribution in [3.63, 3.8) is 0 Å². The predicted octanol–water partition coefficient (Wildman–Crippen LogP) is 3.08. The second kappa shape index (κ2) is 26.6. The topological polar surface area (TPSA) is 144 Å². The highest BCUT2D eigenvalue weighted by atomic mass is 16.6. The van der Waals surface area contributed by atoms with Crippen LogP contribution in [-0.2, 0) is 28.4 Å². The molecule has 49 heavy (non-hydrogen) atoms.